The van der Waals surface area contributed by atoms with E-state index in [2.05, 4.69) is 19.9 Å². The Balaban J connectivity index is 1.84. The van der Waals surface area contributed by atoms with E-state index in [0.717, 1.165) is 23.3 Å². The minimum Gasteiger partial charge on any atom is -0.355 e. The van der Waals surface area contributed by atoms with Gasteiger partial charge in [0.1, 0.15) is 17.8 Å². The van der Waals surface area contributed by atoms with Crippen molar-refractivity contribution >= 4 is 26.9 Å². The molecule has 0 radical (unpaired) electrons. The van der Waals surface area contributed by atoms with E-state index in [-0.39, 0.29) is 11.8 Å². The summed E-state index contributed by atoms with van der Waals surface area (Å²) in [5, 5.41) is 0.955. The Morgan fingerprint density at radius 3 is 3.05 bits per heavy atom. The lowest BCUT2D eigenvalue weighted by Gasteiger charge is -2.26. The third-order valence-electron chi connectivity index (χ3n) is 4.10. The van der Waals surface area contributed by atoms with Gasteiger partial charge < -0.3 is 9.88 Å². The molecule has 114 valence electrons. The number of H-pyrrole nitrogens is 1. The number of nitrogens with one attached hydrogen (secondary N) is 1. The molecule has 1 saturated heterocycles. The fraction of sp³-hybridized carbons (Fsp3) is 0.538. The number of sulfonamides is 1. The van der Waals surface area contributed by atoms with Crippen molar-refractivity contribution in [3.8, 4) is 0 Å². The summed E-state index contributed by atoms with van der Waals surface area (Å²) in [6.07, 6.45) is 4.17. The summed E-state index contributed by atoms with van der Waals surface area (Å²) >= 11 is 0. The van der Waals surface area contributed by atoms with Crippen molar-refractivity contribution in [3.05, 3.63) is 18.6 Å². The second kappa shape index (κ2) is 5.27. The van der Waals surface area contributed by atoms with Crippen molar-refractivity contribution in [1.29, 1.82) is 0 Å². The SMILES string of the molecule is CCS(=O)(=O)N1CCC(N(C)c2ncnc3[nH]ccc23)C1. The highest BCUT2D eigenvalue weighted by Gasteiger charge is 2.33. The Hall–Kier alpha value is -1.67. The van der Waals surface area contributed by atoms with E-state index in [1.807, 2.05) is 19.3 Å². The number of hydrogen-bond acceptors (Lipinski definition) is 5. The van der Waals surface area contributed by atoms with Gasteiger partial charge in [-0.2, -0.15) is 4.31 Å². The van der Waals surface area contributed by atoms with Crippen LogP contribution in [0, 0.1) is 0 Å². The van der Waals surface area contributed by atoms with E-state index in [1.165, 1.54) is 6.33 Å². The highest BCUT2D eigenvalue weighted by atomic mass is 32.2. The van der Waals surface area contributed by atoms with E-state index in [0.29, 0.717) is 13.1 Å². The first kappa shape index (κ1) is 14.3. The normalized spacial score (nSPS) is 20.2. The van der Waals surface area contributed by atoms with Crippen molar-refractivity contribution in [1.82, 2.24) is 19.3 Å². The van der Waals surface area contributed by atoms with Crippen LogP contribution in [0.3, 0.4) is 0 Å². The van der Waals surface area contributed by atoms with Gasteiger partial charge >= 0.3 is 0 Å². The predicted octanol–water partition coefficient (Wildman–Crippen LogP) is 0.818. The van der Waals surface area contributed by atoms with E-state index in [1.54, 1.807) is 11.2 Å². The third kappa shape index (κ3) is 2.49. The molecule has 3 rings (SSSR count). The standard InChI is InChI=1S/C13H19N5O2S/c1-3-21(19,20)18-7-5-10(8-18)17(2)13-11-4-6-14-12(11)15-9-16-13/h4,6,9-10H,3,5,7-8H2,1-2H3,(H,14,15,16). The predicted molar refractivity (Wildman–Crippen MR) is 81.7 cm³/mol. The van der Waals surface area contributed by atoms with Crippen LogP contribution in [0.2, 0.25) is 0 Å². The molecular formula is C13H19N5O2S. The Kier molecular flexibility index (Phi) is 3.58. The summed E-state index contributed by atoms with van der Waals surface area (Å²) in [4.78, 5) is 13.7. The molecule has 0 spiro atoms. The van der Waals surface area contributed by atoms with Gasteiger partial charge in [-0.05, 0) is 19.4 Å². The summed E-state index contributed by atoms with van der Waals surface area (Å²) in [7, 11) is -1.15. The van der Waals surface area contributed by atoms with Crippen molar-refractivity contribution in [2.45, 2.75) is 19.4 Å². The second-order valence-corrected chi connectivity index (χ2v) is 7.51. The van der Waals surface area contributed by atoms with Crippen molar-refractivity contribution in [2.24, 2.45) is 0 Å². The maximum absolute atomic E-state index is 12.0. The van der Waals surface area contributed by atoms with Crippen molar-refractivity contribution < 1.29 is 8.42 Å². The molecule has 8 heteroatoms. The monoisotopic (exact) mass is 309 g/mol. The summed E-state index contributed by atoms with van der Waals surface area (Å²) in [6, 6.07) is 2.08. The zero-order valence-electron chi connectivity index (χ0n) is 12.2. The van der Waals surface area contributed by atoms with Crippen LogP contribution >= 0.6 is 0 Å². The zero-order valence-corrected chi connectivity index (χ0v) is 13.0. The van der Waals surface area contributed by atoms with E-state index >= 15 is 0 Å². The highest BCUT2D eigenvalue weighted by molar-refractivity contribution is 7.89. The van der Waals surface area contributed by atoms with Gasteiger partial charge in [0.25, 0.3) is 0 Å². The topological polar surface area (TPSA) is 82.2 Å². The maximum atomic E-state index is 12.0. The van der Waals surface area contributed by atoms with Gasteiger partial charge in [-0.25, -0.2) is 18.4 Å². The first-order valence-corrected chi connectivity index (χ1v) is 8.62. The third-order valence-corrected chi connectivity index (χ3v) is 5.95. The Bertz CT molecular complexity index is 742. The molecule has 1 fully saturated rings. The number of fused-ring (bicyclic) bond motifs is 1. The molecular weight excluding hydrogens is 290 g/mol. The number of aromatic amines is 1. The maximum Gasteiger partial charge on any atom is 0.213 e. The fourth-order valence-electron chi connectivity index (χ4n) is 2.77. The van der Waals surface area contributed by atoms with Crippen LogP contribution in [0.1, 0.15) is 13.3 Å². The lowest BCUT2D eigenvalue weighted by molar-refractivity contribution is 0.471. The van der Waals surface area contributed by atoms with Crippen molar-refractivity contribution in [3.63, 3.8) is 0 Å². The fourth-order valence-corrected chi connectivity index (χ4v) is 3.92. The molecule has 3 heterocycles. The molecule has 21 heavy (non-hydrogen) atoms. The number of anilines is 1. The van der Waals surface area contributed by atoms with E-state index in [9.17, 15) is 8.42 Å². The molecule has 7 nitrogen and oxygen atoms in total. The Labute approximate surface area is 124 Å². The molecule has 1 N–H and O–H groups in total. The van der Waals surface area contributed by atoms with Crippen LogP contribution in [-0.2, 0) is 10.0 Å². The molecule has 2 aromatic rings. The molecule has 1 atom stereocenters. The van der Waals surface area contributed by atoms with Gasteiger partial charge in [0.15, 0.2) is 0 Å². The van der Waals surface area contributed by atoms with Crippen LogP contribution in [0.5, 0.6) is 0 Å². The summed E-state index contributed by atoms with van der Waals surface area (Å²) in [5.41, 5.74) is 0.794. The second-order valence-electron chi connectivity index (χ2n) is 5.25. The van der Waals surface area contributed by atoms with Gasteiger partial charge in [0.05, 0.1) is 11.1 Å². The lowest BCUT2D eigenvalue weighted by Crippen LogP contribution is -2.37. The smallest absolute Gasteiger partial charge is 0.213 e. The molecule has 0 aromatic carbocycles. The number of hydrogen-bond donors (Lipinski definition) is 1. The van der Waals surface area contributed by atoms with Crippen LogP contribution in [0.4, 0.5) is 5.82 Å². The molecule has 2 aromatic heterocycles. The van der Waals surface area contributed by atoms with Crippen molar-refractivity contribution in [2.75, 3.05) is 30.8 Å². The molecule has 1 aliphatic rings. The number of likely N-dealkylation sites (N-methyl/N-ethyl adjacent to an activating group) is 1. The van der Waals surface area contributed by atoms with Crippen LogP contribution < -0.4 is 4.90 Å². The number of aromatic nitrogens is 3. The lowest BCUT2D eigenvalue weighted by atomic mass is 10.2. The van der Waals surface area contributed by atoms with Gasteiger partial charge in [-0.3, -0.25) is 0 Å². The number of rotatable bonds is 4. The molecule has 1 unspecified atom stereocenters. The summed E-state index contributed by atoms with van der Waals surface area (Å²) in [5.74, 6) is 0.987. The minimum atomic E-state index is -3.11. The quantitative estimate of drug-likeness (QED) is 0.904. The van der Waals surface area contributed by atoms with Crippen LogP contribution in [0.15, 0.2) is 18.6 Å². The molecule has 0 saturated carbocycles. The van der Waals surface area contributed by atoms with Gasteiger partial charge in [0, 0.05) is 32.4 Å². The number of nitrogens with zero attached hydrogens (tertiary/aromatic N) is 4. The first-order chi connectivity index (χ1) is 10.0. The summed E-state index contributed by atoms with van der Waals surface area (Å²) in [6.45, 7) is 2.77. The molecule has 0 aliphatic carbocycles. The molecule has 1 aliphatic heterocycles. The van der Waals surface area contributed by atoms with E-state index in [4.69, 9.17) is 0 Å². The molecule has 0 bridgehead atoms. The summed E-state index contributed by atoms with van der Waals surface area (Å²) < 4.78 is 25.5. The largest absolute Gasteiger partial charge is 0.355 e. The van der Waals surface area contributed by atoms with E-state index < -0.39 is 10.0 Å². The highest BCUT2D eigenvalue weighted by Crippen LogP contribution is 2.26. The van der Waals surface area contributed by atoms with Crippen LogP contribution in [0.25, 0.3) is 11.0 Å². The zero-order chi connectivity index (χ0) is 15.0. The van der Waals surface area contributed by atoms with Crippen LogP contribution in [-0.4, -0.2) is 59.6 Å². The Morgan fingerprint density at radius 1 is 1.48 bits per heavy atom. The van der Waals surface area contributed by atoms with Gasteiger partial charge in [-0.15, -0.1) is 0 Å². The molecule has 0 amide bonds. The average Bonchev–Trinajstić information content (AvgIpc) is 3.15. The van der Waals surface area contributed by atoms with Gasteiger partial charge in [-0.1, -0.05) is 0 Å². The minimum absolute atomic E-state index is 0.138. The Morgan fingerprint density at radius 2 is 2.29 bits per heavy atom. The van der Waals surface area contributed by atoms with Gasteiger partial charge in [0.2, 0.25) is 10.0 Å². The first-order valence-electron chi connectivity index (χ1n) is 7.01. The average molecular weight is 309 g/mol.